The van der Waals surface area contributed by atoms with Gasteiger partial charge in [-0.15, -0.1) is 34.0 Å². The molecule has 0 aromatic carbocycles. The number of aliphatic imine (C=N–C) groups is 1. The van der Waals surface area contributed by atoms with Gasteiger partial charge in [0.05, 0.1) is 24.2 Å². The molecule has 0 aromatic rings. The molecular formula is C42H76Br2N2O4. The van der Waals surface area contributed by atoms with Crippen LogP contribution in [0.3, 0.4) is 0 Å². The molecule has 0 saturated carbocycles. The van der Waals surface area contributed by atoms with E-state index in [4.69, 9.17) is 9.47 Å². The van der Waals surface area contributed by atoms with E-state index in [0.717, 1.165) is 38.6 Å². The van der Waals surface area contributed by atoms with E-state index in [0.29, 0.717) is 49.2 Å². The second-order valence-electron chi connectivity index (χ2n) is 15.6. The summed E-state index contributed by atoms with van der Waals surface area (Å²) in [5, 5.41) is 0. The monoisotopic (exact) mass is 830 g/mol. The minimum absolute atomic E-state index is 0. The van der Waals surface area contributed by atoms with Crippen molar-refractivity contribution in [2.45, 2.75) is 183 Å². The number of allylic oxidation sites excluding steroid dienone is 2. The van der Waals surface area contributed by atoms with E-state index >= 15 is 0 Å². The van der Waals surface area contributed by atoms with Gasteiger partial charge >= 0.3 is 11.9 Å². The smallest absolute Gasteiger partial charge is 0.336 e. The van der Waals surface area contributed by atoms with Gasteiger partial charge in [-0.25, -0.2) is 4.79 Å². The number of halogens is 2. The first-order chi connectivity index (χ1) is 23.1. The van der Waals surface area contributed by atoms with Gasteiger partial charge in [-0.1, -0.05) is 124 Å². The Morgan fingerprint density at radius 2 is 1.30 bits per heavy atom. The van der Waals surface area contributed by atoms with E-state index in [1.807, 2.05) is 13.1 Å². The van der Waals surface area contributed by atoms with Crippen molar-refractivity contribution in [1.29, 1.82) is 0 Å². The van der Waals surface area contributed by atoms with Crippen LogP contribution in [0.5, 0.6) is 0 Å². The second kappa shape index (κ2) is 28.4. The maximum Gasteiger partial charge on any atom is 0.336 e. The molecule has 0 fully saturated rings. The Balaban J connectivity index is 0.0000120. The predicted molar refractivity (Wildman–Crippen MR) is 223 cm³/mol. The molecule has 0 spiro atoms. The van der Waals surface area contributed by atoms with Crippen LogP contribution < -0.4 is 0 Å². The van der Waals surface area contributed by atoms with Gasteiger partial charge < -0.3 is 14.4 Å². The van der Waals surface area contributed by atoms with Crippen molar-refractivity contribution in [3.05, 3.63) is 23.5 Å². The number of esters is 2. The number of carbonyl (C=O) groups excluding carboxylic acids is 2. The quantitative estimate of drug-likeness (QED) is 0.0641. The van der Waals surface area contributed by atoms with E-state index in [1.54, 1.807) is 0 Å². The molecule has 3 unspecified atom stereocenters. The molecule has 2 aliphatic rings. The molecular weight excluding hydrogens is 756 g/mol. The first-order valence-corrected chi connectivity index (χ1v) is 20.1. The Kier molecular flexibility index (Phi) is 27.7. The van der Waals surface area contributed by atoms with E-state index in [9.17, 15) is 9.59 Å². The molecule has 0 radical (unpaired) electrons. The van der Waals surface area contributed by atoms with Gasteiger partial charge in [0.25, 0.3) is 0 Å². The van der Waals surface area contributed by atoms with Crippen LogP contribution in [-0.2, 0) is 19.1 Å². The van der Waals surface area contributed by atoms with Crippen molar-refractivity contribution in [1.82, 2.24) is 4.90 Å². The van der Waals surface area contributed by atoms with Crippen LogP contribution in [0.15, 0.2) is 28.5 Å². The van der Waals surface area contributed by atoms with Crippen molar-refractivity contribution in [3.8, 4) is 0 Å². The molecule has 0 amide bonds. The van der Waals surface area contributed by atoms with Gasteiger partial charge in [0.15, 0.2) is 0 Å². The highest BCUT2D eigenvalue weighted by Crippen LogP contribution is 2.49. The highest BCUT2D eigenvalue weighted by atomic mass is 79.9. The molecule has 0 saturated heterocycles. The zero-order valence-corrected chi connectivity index (χ0v) is 36.6. The molecule has 50 heavy (non-hydrogen) atoms. The molecule has 0 N–H and O–H groups in total. The Labute approximate surface area is 329 Å². The first kappa shape index (κ1) is 48.9. The van der Waals surface area contributed by atoms with Crippen molar-refractivity contribution < 1.29 is 19.1 Å². The number of carbonyl (C=O) groups is 2. The van der Waals surface area contributed by atoms with Crippen LogP contribution in [0.2, 0.25) is 0 Å². The number of ether oxygens (including phenoxy) is 2. The SMILES string of the molecule is Br.Br.CCCCCCCCCCCCCCCCN1C=CCC(C(=O)OCCCC(C)C)(C2CC=NC(C)=C2C(=O)OCCCC(C)C)C1C. The van der Waals surface area contributed by atoms with Crippen LogP contribution in [0.25, 0.3) is 0 Å². The van der Waals surface area contributed by atoms with Crippen LogP contribution >= 0.6 is 34.0 Å². The lowest BCUT2D eigenvalue weighted by molar-refractivity contribution is -0.165. The van der Waals surface area contributed by atoms with Gasteiger partial charge in [-0.05, 0) is 76.8 Å². The lowest BCUT2D eigenvalue weighted by Crippen LogP contribution is -2.57. The van der Waals surface area contributed by atoms with E-state index in [-0.39, 0.29) is 57.9 Å². The van der Waals surface area contributed by atoms with Crippen LogP contribution in [0.4, 0.5) is 0 Å². The van der Waals surface area contributed by atoms with Gasteiger partial charge in [0, 0.05) is 30.4 Å². The molecule has 0 bridgehead atoms. The number of unbranched alkanes of at least 4 members (excludes halogenated alkanes) is 13. The van der Waals surface area contributed by atoms with Crippen molar-refractivity contribution in [3.63, 3.8) is 0 Å². The summed E-state index contributed by atoms with van der Waals surface area (Å²) in [5.41, 5.74) is 0.329. The topological polar surface area (TPSA) is 68.2 Å². The minimum Gasteiger partial charge on any atom is -0.465 e. The van der Waals surface area contributed by atoms with Crippen molar-refractivity contribution in [2.75, 3.05) is 19.8 Å². The third kappa shape index (κ3) is 17.1. The Bertz CT molecular complexity index is 1010. The largest absolute Gasteiger partial charge is 0.465 e. The standard InChI is InChI=1S/C42H74N2O4.2BrH/c1-8-9-10-11-12-13-14-15-16-17-18-19-20-21-30-44-31-24-28-42(37(44)7,41(46)48-33-23-26-35(4)5)38-27-29-43-36(6)39(38)40(45)47-32-22-25-34(2)3;;/h24,29,31,34-35,37-38H,8-23,25-28,30,32-33H2,1-7H3;2*1H. The minimum atomic E-state index is -0.886. The summed E-state index contributed by atoms with van der Waals surface area (Å²) in [6.07, 6.45) is 29.7. The number of hydrogen-bond acceptors (Lipinski definition) is 6. The number of rotatable bonds is 26. The summed E-state index contributed by atoms with van der Waals surface area (Å²) < 4.78 is 11.9. The zero-order chi connectivity index (χ0) is 35.2. The van der Waals surface area contributed by atoms with E-state index < -0.39 is 5.41 Å². The average Bonchev–Trinajstić information content (AvgIpc) is 3.05. The van der Waals surface area contributed by atoms with E-state index in [2.05, 4.69) is 63.7 Å². The molecule has 0 aromatic heterocycles. The van der Waals surface area contributed by atoms with Gasteiger partial charge in [-0.2, -0.15) is 0 Å². The van der Waals surface area contributed by atoms with Crippen LogP contribution in [-0.4, -0.2) is 48.9 Å². The number of hydrogen-bond donors (Lipinski definition) is 0. The fraction of sp³-hybridized carbons (Fsp3) is 0.833. The molecule has 8 heteroatoms. The summed E-state index contributed by atoms with van der Waals surface area (Å²) >= 11 is 0. The molecule has 2 heterocycles. The Morgan fingerprint density at radius 1 is 0.800 bits per heavy atom. The molecule has 6 nitrogen and oxygen atoms in total. The van der Waals surface area contributed by atoms with Crippen molar-refractivity contribution >= 4 is 52.1 Å². The highest BCUT2D eigenvalue weighted by molar-refractivity contribution is 8.93. The van der Waals surface area contributed by atoms with Crippen LogP contribution in [0.1, 0.15) is 177 Å². The third-order valence-electron chi connectivity index (χ3n) is 10.7. The summed E-state index contributed by atoms with van der Waals surface area (Å²) in [4.78, 5) is 34.9. The normalized spacial score (nSPS) is 20.2. The predicted octanol–water partition coefficient (Wildman–Crippen LogP) is 12.5. The fourth-order valence-corrected chi connectivity index (χ4v) is 7.58. The third-order valence-corrected chi connectivity index (χ3v) is 10.7. The average molecular weight is 833 g/mol. The molecule has 292 valence electrons. The van der Waals surface area contributed by atoms with E-state index in [1.165, 1.54) is 83.5 Å². The van der Waals surface area contributed by atoms with Gasteiger partial charge in [0.2, 0.25) is 0 Å². The highest BCUT2D eigenvalue weighted by Gasteiger charge is 2.56. The summed E-state index contributed by atoms with van der Waals surface area (Å²) in [6.45, 7) is 16.8. The Morgan fingerprint density at radius 3 is 1.82 bits per heavy atom. The van der Waals surface area contributed by atoms with Crippen LogP contribution in [0, 0.1) is 23.2 Å². The summed E-state index contributed by atoms with van der Waals surface area (Å²) in [6, 6.07) is -0.116. The lowest BCUT2D eigenvalue weighted by atomic mass is 9.62. The second-order valence-corrected chi connectivity index (χ2v) is 15.6. The van der Waals surface area contributed by atoms with Crippen molar-refractivity contribution in [2.24, 2.45) is 28.2 Å². The summed E-state index contributed by atoms with van der Waals surface area (Å²) in [5.74, 6) is 0.264. The molecule has 0 aliphatic carbocycles. The molecule has 3 atom stereocenters. The Hall–Kier alpha value is -1.15. The maximum absolute atomic E-state index is 14.3. The first-order valence-electron chi connectivity index (χ1n) is 20.1. The molecule has 2 aliphatic heterocycles. The number of nitrogens with zero attached hydrogens (tertiary/aromatic N) is 2. The lowest BCUT2D eigenvalue weighted by Gasteiger charge is -2.49. The zero-order valence-electron chi connectivity index (χ0n) is 33.1. The summed E-state index contributed by atoms with van der Waals surface area (Å²) in [7, 11) is 0. The van der Waals surface area contributed by atoms with Gasteiger partial charge in [0.1, 0.15) is 0 Å². The van der Waals surface area contributed by atoms with Gasteiger partial charge in [-0.3, -0.25) is 9.79 Å². The fourth-order valence-electron chi connectivity index (χ4n) is 7.58. The maximum atomic E-state index is 14.3. The molecule has 2 rings (SSSR count).